The number of amides is 1. The Balaban J connectivity index is 1.91. The zero-order valence-corrected chi connectivity index (χ0v) is 14.6. The fourth-order valence-corrected chi connectivity index (χ4v) is 3.35. The number of pyridine rings is 1. The van der Waals surface area contributed by atoms with E-state index >= 15 is 0 Å². The van der Waals surface area contributed by atoms with Gasteiger partial charge < -0.3 is 9.88 Å². The van der Waals surface area contributed by atoms with E-state index in [-0.39, 0.29) is 34.8 Å². The molecule has 132 valence electrons. The van der Waals surface area contributed by atoms with Crippen molar-refractivity contribution in [3.8, 4) is 0 Å². The maximum absolute atomic E-state index is 13.2. The molecule has 1 aliphatic rings. The molecule has 3 rings (SSSR count). The Morgan fingerprint density at radius 3 is 2.52 bits per heavy atom. The molecule has 1 atom stereocenters. The molecule has 0 radical (unpaired) electrons. The summed E-state index contributed by atoms with van der Waals surface area (Å²) in [5, 5.41) is 0. The molecule has 2 aromatic rings. The second-order valence-corrected chi connectivity index (χ2v) is 6.87. The summed E-state index contributed by atoms with van der Waals surface area (Å²) < 4.78 is 13.2. The molecular formula is C20H23FN2O2. The molecule has 1 saturated heterocycles. The number of rotatable bonds is 3. The van der Waals surface area contributed by atoms with Crippen LogP contribution < -0.4 is 5.56 Å². The van der Waals surface area contributed by atoms with Crippen LogP contribution in [-0.2, 0) is 0 Å². The monoisotopic (exact) mass is 342 g/mol. The van der Waals surface area contributed by atoms with Crippen molar-refractivity contribution in [3.05, 3.63) is 69.4 Å². The standard InChI is InChI=1S/C20H23FN2O2/c1-13(2)17-11-10-16(19(24)22-17)20(25)23-12-4-3-5-18(23)14-6-8-15(21)9-7-14/h6-11,13,18H,3-5,12H2,1-2H3,(H,22,24)/t18-/m1/s1. The minimum atomic E-state index is -0.348. The van der Waals surface area contributed by atoms with E-state index < -0.39 is 0 Å². The lowest BCUT2D eigenvalue weighted by Gasteiger charge is -2.36. The van der Waals surface area contributed by atoms with Crippen LogP contribution in [0.1, 0.15) is 66.7 Å². The van der Waals surface area contributed by atoms with Gasteiger partial charge in [-0.05, 0) is 55.0 Å². The van der Waals surface area contributed by atoms with E-state index in [2.05, 4.69) is 4.98 Å². The Morgan fingerprint density at radius 2 is 1.88 bits per heavy atom. The van der Waals surface area contributed by atoms with Crippen LogP contribution in [-0.4, -0.2) is 22.3 Å². The number of benzene rings is 1. The summed E-state index contributed by atoms with van der Waals surface area (Å²) in [6, 6.07) is 9.57. The Kier molecular flexibility index (Phi) is 5.02. The van der Waals surface area contributed by atoms with Gasteiger partial charge in [0.25, 0.3) is 11.5 Å². The molecule has 1 aliphatic heterocycles. The number of nitrogens with one attached hydrogen (secondary N) is 1. The first kappa shape index (κ1) is 17.4. The molecule has 0 spiro atoms. The van der Waals surface area contributed by atoms with Gasteiger partial charge in [-0.3, -0.25) is 9.59 Å². The Labute approximate surface area is 146 Å². The third kappa shape index (κ3) is 3.65. The number of halogens is 1. The predicted molar refractivity (Wildman–Crippen MR) is 95.2 cm³/mol. The second kappa shape index (κ2) is 7.21. The first-order valence-electron chi connectivity index (χ1n) is 8.77. The first-order chi connectivity index (χ1) is 12.0. The molecular weight excluding hydrogens is 319 g/mol. The number of aromatic nitrogens is 1. The maximum atomic E-state index is 13.2. The number of H-pyrrole nitrogens is 1. The SMILES string of the molecule is CC(C)c1ccc(C(=O)N2CCCC[C@@H]2c2ccc(F)cc2)c(=O)[nH]1. The number of carbonyl (C=O) groups excluding carboxylic acids is 1. The predicted octanol–water partition coefficient (Wildman–Crippen LogP) is 4.00. The Bertz CT molecular complexity index is 811. The van der Waals surface area contributed by atoms with Gasteiger partial charge >= 0.3 is 0 Å². The summed E-state index contributed by atoms with van der Waals surface area (Å²) in [5.74, 6) is -0.359. The van der Waals surface area contributed by atoms with Crippen LogP contribution in [0.15, 0.2) is 41.2 Å². The number of hydrogen-bond acceptors (Lipinski definition) is 2. The van der Waals surface area contributed by atoms with Crippen molar-refractivity contribution >= 4 is 5.91 Å². The molecule has 1 fully saturated rings. The Hall–Kier alpha value is -2.43. The van der Waals surface area contributed by atoms with Gasteiger partial charge in [-0.1, -0.05) is 26.0 Å². The van der Waals surface area contributed by atoms with Gasteiger partial charge in [0.2, 0.25) is 0 Å². The lowest BCUT2D eigenvalue weighted by molar-refractivity contribution is 0.0609. The Morgan fingerprint density at radius 1 is 1.16 bits per heavy atom. The normalized spacial score (nSPS) is 17.8. The van der Waals surface area contributed by atoms with E-state index in [4.69, 9.17) is 0 Å². The minimum Gasteiger partial charge on any atom is -0.331 e. The van der Waals surface area contributed by atoms with Gasteiger partial charge in [0.15, 0.2) is 0 Å². The summed E-state index contributed by atoms with van der Waals surface area (Å²) >= 11 is 0. The molecule has 5 heteroatoms. The summed E-state index contributed by atoms with van der Waals surface area (Å²) in [7, 11) is 0. The number of nitrogens with zero attached hydrogens (tertiary/aromatic N) is 1. The maximum Gasteiger partial charge on any atom is 0.261 e. The fourth-order valence-electron chi connectivity index (χ4n) is 3.35. The van der Waals surface area contributed by atoms with Crippen LogP contribution in [0.2, 0.25) is 0 Å². The van der Waals surface area contributed by atoms with Crippen LogP contribution >= 0.6 is 0 Å². The highest BCUT2D eigenvalue weighted by atomic mass is 19.1. The zero-order chi connectivity index (χ0) is 18.0. The highest BCUT2D eigenvalue weighted by Crippen LogP contribution is 2.31. The van der Waals surface area contributed by atoms with Gasteiger partial charge in [-0.25, -0.2) is 4.39 Å². The van der Waals surface area contributed by atoms with Gasteiger partial charge in [0.05, 0.1) is 6.04 Å². The molecule has 1 N–H and O–H groups in total. The van der Waals surface area contributed by atoms with Crippen molar-refractivity contribution in [2.45, 2.75) is 45.1 Å². The van der Waals surface area contributed by atoms with E-state index in [1.165, 1.54) is 12.1 Å². The third-order valence-corrected chi connectivity index (χ3v) is 4.80. The first-order valence-corrected chi connectivity index (χ1v) is 8.77. The van der Waals surface area contributed by atoms with E-state index in [1.54, 1.807) is 29.2 Å². The van der Waals surface area contributed by atoms with Crippen molar-refractivity contribution in [1.29, 1.82) is 0 Å². The topological polar surface area (TPSA) is 53.2 Å². The van der Waals surface area contributed by atoms with Crippen molar-refractivity contribution in [3.63, 3.8) is 0 Å². The van der Waals surface area contributed by atoms with Gasteiger partial charge in [0, 0.05) is 12.2 Å². The van der Waals surface area contributed by atoms with Crippen molar-refractivity contribution in [1.82, 2.24) is 9.88 Å². The highest BCUT2D eigenvalue weighted by Gasteiger charge is 2.30. The summed E-state index contributed by atoms with van der Waals surface area (Å²) in [5.41, 5.74) is 1.54. The van der Waals surface area contributed by atoms with Crippen LogP contribution in [0.5, 0.6) is 0 Å². The molecule has 25 heavy (non-hydrogen) atoms. The summed E-state index contributed by atoms with van der Waals surface area (Å²) in [6.07, 6.45) is 2.74. The van der Waals surface area contributed by atoms with Crippen LogP contribution in [0.25, 0.3) is 0 Å². The molecule has 0 bridgehead atoms. The lowest BCUT2D eigenvalue weighted by atomic mass is 9.94. The number of piperidine rings is 1. The van der Waals surface area contributed by atoms with E-state index in [1.807, 2.05) is 13.8 Å². The molecule has 0 aliphatic carbocycles. The van der Waals surface area contributed by atoms with Gasteiger partial charge in [-0.2, -0.15) is 0 Å². The van der Waals surface area contributed by atoms with E-state index in [9.17, 15) is 14.0 Å². The van der Waals surface area contributed by atoms with Crippen LogP contribution in [0.4, 0.5) is 4.39 Å². The smallest absolute Gasteiger partial charge is 0.261 e. The molecule has 2 heterocycles. The average Bonchev–Trinajstić information content (AvgIpc) is 2.61. The number of carbonyl (C=O) groups is 1. The molecule has 1 aromatic heterocycles. The van der Waals surface area contributed by atoms with E-state index in [0.717, 1.165) is 30.5 Å². The van der Waals surface area contributed by atoms with Crippen molar-refractivity contribution in [2.75, 3.05) is 6.54 Å². The van der Waals surface area contributed by atoms with E-state index in [0.29, 0.717) is 6.54 Å². The largest absolute Gasteiger partial charge is 0.331 e. The molecule has 0 unspecified atom stereocenters. The second-order valence-electron chi connectivity index (χ2n) is 6.87. The number of hydrogen-bond donors (Lipinski definition) is 1. The number of aromatic amines is 1. The zero-order valence-electron chi connectivity index (χ0n) is 14.6. The van der Waals surface area contributed by atoms with Crippen LogP contribution in [0, 0.1) is 5.82 Å². The van der Waals surface area contributed by atoms with Crippen LogP contribution in [0.3, 0.4) is 0 Å². The molecule has 1 aromatic carbocycles. The van der Waals surface area contributed by atoms with Gasteiger partial charge in [-0.15, -0.1) is 0 Å². The van der Waals surface area contributed by atoms with Crippen molar-refractivity contribution < 1.29 is 9.18 Å². The average molecular weight is 342 g/mol. The minimum absolute atomic E-state index is 0.119. The third-order valence-electron chi connectivity index (χ3n) is 4.80. The quantitative estimate of drug-likeness (QED) is 0.916. The summed E-state index contributed by atoms with van der Waals surface area (Å²) in [4.78, 5) is 29.9. The molecule has 1 amide bonds. The fraction of sp³-hybridized carbons (Fsp3) is 0.400. The van der Waals surface area contributed by atoms with Crippen molar-refractivity contribution in [2.24, 2.45) is 0 Å². The number of likely N-dealkylation sites (tertiary alicyclic amines) is 1. The summed E-state index contributed by atoms with van der Waals surface area (Å²) in [6.45, 7) is 4.58. The molecule has 4 nitrogen and oxygen atoms in total. The highest BCUT2D eigenvalue weighted by molar-refractivity contribution is 5.94. The van der Waals surface area contributed by atoms with Gasteiger partial charge in [0.1, 0.15) is 11.4 Å². The molecule has 0 saturated carbocycles. The lowest BCUT2D eigenvalue weighted by Crippen LogP contribution is -2.40.